The van der Waals surface area contributed by atoms with E-state index in [0.717, 1.165) is 16.7 Å². The zero-order valence-electron chi connectivity index (χ0n) is 22.2. The first kappa shape index (κ1) is 23.3. The van der Waals surface area contributed by atoms with Gasteiger partial charge in [-0.05, 0) is 79.3 Å². The predicted octanol–water partition coefficient (Wildman–Crippen LogP) is 7.90. The van der Waals surface area contributed by atoms with Crippen LogP contribution < -0.4 is 5.46 Å². The second kappa shape index (κ2) is 8.32. The van der Waals surface area contributed by atoms with Gasteiger partial charge in [0.05, 0.1) is 22.2 Å². The lowest BCUT2D eigenvalue weighted by atomic mass is 9.78. The summed E-state index contributed by atoms with van der Waals surface area (Å²) in [7, 11) is -0.384. The number of hydrogen-bond acceptors (Lipinski definition) is 2. The van der Waals surface area contributed by atoms with Crippen molar-refractivity contribution in [1.29, 1.82) is 0 Å². The van der Waals surface area contributed by atoms with Crippen LogP contribution in [0.25, 0.3) is 49.4 Å². The highest BCUT2D eigenvalue weighted by atomic mass is 16.7. The van der Waals surface area contributed by atoms with E-state index in [1.54, 1.807) is 0 Å². The van der Waals surface area contributed by atoms with Crippen molar-refractivity contribution in [1.82, 2.24) is 4.57 Å². The van der Waals surface area contributed by atoms with Gasteiger partial charge in [0, 0.05) is 16.5 Å². The molecular weight excluding hydrogens is 465 g/mol. The molecule has 1 aliphatic rings. The van der Waals surface area contributed by atoms with E-state index >= 15 is 0 Å². The molecule has 6 aromatic rings. The molecule has 2 heterocycles. The van der Waals surface area contributed by atoms with Crippen molar-refractivity contribution in [2.45, 2.75) is 38.9 Å². The minimum absolute atomic E-state index is 0.369. The van der Waals surface area contributed by atoms with Gasteiger partial charge in [0.25, 0.3) is 0 Å². The summed E-state index contributed by atoms with van der Waals surface area (Å²) >= 11 is 0. The van der Waals surface area contributed by atoms with Gasteiger partial charge in [-0.1, -0.05) is 84.9 Å². The van der Waals surface area contributed by atoms with E-state index < -0.39 is 0 Å². The van der Waals surface area contributed by atoms with Crippen LogP contribution in [0, 0.1) is 0 Å². The lowest BCUT2D eigenvalue weighted by Crippen LogP contribution is -2.41. The molecule has 0 N–H and O–H groups in total. The summed E-state index contributed by atoms with van der Waals surface area (Å²) < 4.78 is 15.1. The molecular formula is C34H30BNO2. The van der Waals surface area contributed by atoms with Crippen molar-refractivity contribution in [3.8, 4) is 16.8 Å². The largest absolute Gasteiger partial charge is 0.494 e. The van der Waals surface area contributed by atoms with Gasteiger partial charge in [0.1, 0.15) is 0 Å². The number of benzene rings is 5. The Bertz CT molecular complexity index is 1820. The molecule has 0 spiro atoms. The fourth-order valence-electron chi connectivity index (χ4n) is 5.67. The molecule has 0 radical (unpaired) electrons. The van der Waals surface area contributed by atoms with Crippen LogP contribution in [0.5, 0.6) is 0 Å². The number of para-hydroxylation sites is 1. The lowest BCUT2D eigenvalue weighted by molar-refractivity contribution is 0.00578. The summed E-state index contributed by atoms with van der Waals surface area (Å²) in [4.78, 5) is 0. The van der Waals surface area contributed by atoms with Crippen LogP contribution in [0.3, 0.4) is 0 Å². The first-order valence-corrected chi connectivity index (χ1v) is 13.3. The molecule has 3 nitrogen and oxygen atoms in total. The molecule has 4 heteroatoms. The highest BCUT2D eigenvalue weighted by molar-refractivity contribution is 6.62. The molecule has 186 valence electrons. The van der Waals surface area contributed by atoms with Crippen molar-refractivity contribution in [3.05, 3.63) is 109 Å². The van der Waals surface area contributed by atoms with Crippen LogP contribution in [0.15, 0.2) is 109 Å². The Balaban J connectivity index is 1.43. The fourth-order valence-corrected chi connectivity index (χ4v) is 5.67. The van der Waals surface area contributed by atoms with E-state index in [0.29, 0.717) is 0 Å². The topological polar surface area (TPSA) is 23.4 Å². The van der Waals surface area contributed by atoms with E-state index in [1.807, 2.05) is 0 Å². The molecule has 1 saturated heterocycles. The van der Waals surface area contributed by atoms with Crippen molar-refractivity contribution in [3.63, 3.8) is 0 Å². The average molecular weight is 495 g/mol. The molecule has 1 aromatic heterocycles. The van der Waals surface area contributed by atoms with E-state index in [-0.39, 0.29) is 18.3 Å². The zero-order valence-corrected chi connectivity index (χ0v) is 22.2. The third-order valence-corrected chi connectivity index (χ3v) is 8.42. The molecule has 0 atom stereocenters. The van der Waals surface area contributed by atoms with Crippen molar-refractivity contribution >= 4 is 45.2 Å². The number of hydrogen-bond donors (Lipinski definition) is 0. The predicted molar refractivity (Wildman–Crippen MR) is 159 cm³/mol. The maximum atomic E-state index is 6.34. The summed E-state index contributed by atoms with van der Waals surface area (Å²) in [6.45, 7) is 8.38. The molecule has 1 aliphatic heterocycles. The third-order valence-electron chi connectivity index (χ3n) is 8.42. The van der Waals surface area contributed by atoms with Crippen LogP contribution in [-0.4, -0.2) is 22.9 Å². The van der Waals surface area contributed by atoms with Gasteiger partial charge in [0.2, 0.25) is 0 Å². The maximum absolute atomic E-state index is 6.34. The lowest BCUT2D eigenvalue weighted by Gasteiger charge is -2.32. The molecule has 1 fully saturated rings. The molecule has 7 rings (SSSR count). The molecule has 38 heavy (non-hydrogen) atoms. The first-order valence-electron chi connectivity index (χ1n) is 13.3. The Kier molecular flexibility index (Phi) is 5.10. The van der Waals surface area contributed by atoms with E-state index in [4.69, 9.17) is 9.31 Å². The van der Waals surface area contributed by atoms with Crippen LogP contribution in [-0.2, 0) is 9.31 Å². The summed E-state index contributed by atoms with van der Waals surface area (Å²) in [6, 6.07) is 39.2. The maximum Gasteiger partial charge on any atom is 0.494 e. The van der Waals surface area contributed by atoms with Gasteiger partial charge in [0.15, 0.2) is 0 Å². The van der Waals surface area contributed by atoms with Gasteiger partial charge >= 0.3 is 7.12 Å². The van der Waals surface area contributed by atoms with Gasteiger partial charge in [-0.3, -0.25) is 0 Å². The van der Waals surface area contributed by atoms with Crippen LogP contribution in [0.4, 0.5) is 0 Å². The normalized spacial score (nSPS) is 16.6. The third kappa shape index (κ3) is 3.52. The van der Waals surface area contributed by atoms with Gasteiger partial charge < -0.3 is 13.9 Å². The SMILES string of the molecule is CC1(C)OB(c2cccc(-c3ccc4c5c6ccccc6ccc5n(-c5ccccc5)c4c3)c2)OC1(C)C. The zero-order chi connectivity index (χ0) is 26.1. The summed E-state index contributed by atoms with van der Waals surface area (Å²) in [5.41, 5.74) is 6.18. The highest BCUT2D eigenvalue weighted by Crippen LogP contribution is 2.39. The van der Waals surface area contributed by atoms with Crippen molar-refractivity contribution in [2.24, 2.45) is 0 Å². The van der Waals surface area contributed by atoms with E-state index in [2.05, 4.69) is 141 Å². The summed E-state index contributed by atoms with van der Waals surface area (Å²) in [6.07, 6.45) is 0. The average Bonchev–Trinajstić information content (AvgIpc) is 3.38. The monoisotopic (exact) mass is 495 g/mol. The quantitative estimate of drug-likeness (QED) is 0.233. The van der Waals surface area contributed by atoms with Crippen molar-refractivity contribution in [2.75, 3.05) is 0 Å². The minimum atomic E-state index is -0.384. The van der Waals surface area contributed by atoms with Crippen LogP contribution >= 0.6 is 0 Å². The Hall–Kier alpha value is -3.86. The Morgan fingerprint density at radius 3 is 2.08 bits per heavy atom. The van der Waals surface area contributed by atoms with E-state index in [1.165, 1.54) is 38.1 Å². The number of nitrogens with zero attached hydrogens (tertiary/aromatic N) is 1. The van der Waals surface area contributed by atoms with Gasteiger partial charge in [-0.15, -0.1) is 0 Å². The molecule has 0 bridgehead atoms. The Labute approximate surface area is 223 Å². The summed E-state index contributed by atoms with van der Waals surface area (Å²) in [5.74, 6) is 0. The minimum Gasteiger partial charge on any atom is -0.399 e. The number of fused-ring (bicyclic) bond motifs is 5. The summed E-state index contributed by atoms with van der Waals surface area (Å²) in [5, 5.41) is 5.08. The second-order valence-corrected chi connectivity index (χ2v) is 11.3. The molecule has 0 amide bonds. The number of aromatic nitrogens is 1. The molecule has 5 aromatic carbocycles. The standard InChI is InChI=1S/C34H30BNO2/c1-33(2)34(3,4)38-35(37-33)26-13-10-12-24(21-26)25-17-19-29-31(22-25)36(27-14-6-5-7-15-27)30-20-18-23-11-8-9-16-28(23)32(29)30/h5-22H,1-4H3. The highest BCUT2D eigenvalue weighted by Gasteiger charge is 2.51. The smallest absolute Gasteiger partial charge is 0.399 e. The second-order valence-electron chi connectivity index (χ2n) is 11.3. The molecule has 0 aliphatic carbocycles. The van der Waals surface area contributed by atoms with Gasteiger partial charge in [-0.2, -0.15) is 0 Å². The van der Waals surface area contributed by atoms with Crippen molar-refractivity contribution < 1.29 is 9.31 Å². The fraction of sp³-hybridized carbons (Fsp3) is 0.176. The van der Waals surface area contributed by atoms with Crippen LogP contribution in [0.2, 0.25) is 0 Å². The number of rotatable bonds is 3. The van der Waals surface area contributed by atoms with Crippen LogP contribution in [0.1, 0.15) is 27.7 Å². The molecule has 0 unspecified atom stereocenters. The van der Waals surface area contributed by atoms with E-state index in [9.17, 15) is 0 Å². The Morgan fingerprint density at radius 2 is 1.29 bits per heavy atom. The van der Waals surface area contributed by atoms with Gasteiger partial charge in [-0.25, -0.2) is 0 Å². The Morgan fingerprint density at radius 1 is 0.579 bits per heavy atom. The molecule has 0 saturated carbocycles. The first-order chi connectivity index (χ1) is 18.3.